The van der Waals surface area contributed by atoms with Crippen LogP contribution in [-0.2, 0) is 4.79 Å². The van der Waals surface area contributed by atoms with Crippen LogP contribution in [0.5, 0.6) is 0 Å². The minimum atomic E-state index is -0.631. The molecule has 0 heterocycles. The maximum Gasteiger partial charge on any atom is 0.167 e. The van der Waals surface area contributed by atoms with Crippen LogP contribution < -0.4 is 0 Å². The SMILES string of the molecule is CC1(C)CC2C(C1)C1(C)CCC1(C(=O)CO)C2O. The van der Waals surface area contributed by atoms with E-state index in [0.29, 0.717) is 5.92 Å². The standard InChI is InChI=1S/C15H24O3/c1-13(2)6-9-10(7-13)14(3)4-5-15(14,12(9)18)11(17)8-16/h9-10,12,16,18H,4-8H2,1-3H3. The van der Waals surface area contributed by atoms with Crippen LogP contribution in [0.25, 0.3) is 0 Å². The minimum absolute atomic E-state index is 0.0787. The fourth-order valence-electron chi connectivity index (χ4n) is 5.56. The van der Waals surface area contributed by atoms with Gasteiger partial charge in [-0.1, -0.05) is 20.8 Å². The van der Waals surface area contributed by atoms with Gasteiger partial charge in [0.2, 0.25) is 0 Å². The Morgan fingerprint density at radius 3 is 2.39 bits per heavy atom. The zero-order valence-corrected chi connectivity index (χ0v) is 11.6. The molecule has 3 aliphatic rings. The van der Waals surface area contributed by atoms with Crippen LogP contribution in [0.4, 0.5) is 0 Å². The summed E-state index contributed by atoms with van der Waals surface area (Å²) in [4.78, 5) is 12.2. The first-order valence-electron chi connectivity index (χ1n) is 7.11. The van der Waals surface area contributed by atoms with Gasteiger partial charge < -0.3 is 10.2 Å². The van der Waals surface area contributed by atoms with E-state index in [2.05, 4.69) is 20.8 Å². The largest absolute Gasteiger partial charge is 0.392 e. The van der Waals surface area contributed by atoms with Crippen LogP contribution in [0.1, 0.15) is 46.5 Å². The van der Waals surface area contributed by atoms with Crippen molar-refractivity contribution in [2.75, 3.05) is 6.61 Å². The number of fused-ring (bicyclic) bond motifs is 3. The molecule has 0 aliphatic heterocycles. The Morgan fingerprint density at radius 2 is 1.89 bits per heavy atom. The number of carbonyl (C=O) groups is 1. The molecule has 0 saturated heterocycles. The van der Waals surface area contributed by atoms with Gasteiger partial charge in [-0.2, -0.15) is 0 Å². The Labute approximate surface area is 109 Å². The van der Waals surface area contributed by atoms with Gasteiger partial charge in [0.25, 0.3) is 0 Å². The highest BCUT2D eigenvalue weighted by Gasteiger charge is 2.75. The van der Waals surface area contributed by atoms with E-state index in [4.69, 9.17) is 0 Å². The summed E-state index contributed by atoms with van der Waals surface area (Å²) in [5, 5.41) is 20.0. The Balaban J connectivity index is 2.01. The van der Waals surface area contributed by atoms with Gasteiger partial charge in [-0.25, -0.2) is 0 Å². The molecule has 3 heteroatoms. The van der Waals surface area contributed by atoms with E-state index in [1.54, 1.807) is 0 Å². The lowest BCUT2D eigenvalue weighted by molar-refractivity contribution is -0.168. The maximum absolute atomic E-state index is 12.2. The molecule has 3 saturated carbocycles. The number of rotatable bonds is 2. The summed E-state index contributed by atoms with van der Waals surface area (Å²) in [5.74, 6) is 0.575. The first-order valence-corrected chi connectivity index (χ1v) is 7.11. The Hall–Kier alpha value is -0.410. The Morgan fingerprint density at radius 1 is 1.22 bits per heavy atom. The maximum atomic E-state index is 12.2. The van der Waals surface area contributed by atoms with Gasteiger partial charge in [-0.15, -0.1) is 0 Å². The first kappa shape index (κ1) is 12.6. The van der Waals surface area contributed by atoms with Crippen LogP contribution in [0.2, 0.25) is 0 Å². The third-order valence-corrected chi connectivity index (χ3v) is 6.51. The van der Waals surface area contributed by atoms with Crippen LogP contribution in [0.15, 0.2) is 0 Å². The van der Waals surface area contributed by atoms with E-state index in [9.17, 15) is 15.0 Å². The lowest BCUT2D eigenvalue weighted by Gasteiger charge is -2.56. The van der Waals surface area contributed by atoms with Crippen LogP contribution >= 0.6 is 0 Å². The summed E-state index contributed by atoms with van der Waals surface area (Å²) in [6, 6.07) is 0. The van der Waals surface area contributed by atoms with Crippen molar-refractivity contribution in [2.45, 2.75) is 52.6 Å². The lowest BCUT2D eigenvalue weighted by Crippen LogP contribution is -2.59. The molecule has 0 spiro atoms. The molecule has 18 heavy (non-hydrogen) atoms. The summed E-state index contributed by atoms with van der Waals surface area (Å²) in [5.41, 5.74) is -0.429. The van der Waals surface area contributed by atoms with E-state index < -0.39 is 18.1 Å². The molecule has 0 amide bonds. The lowest BCUT2D eigenvalue weighted by atomic mass is 9.47. The summed E-state index contributed by atoms with van der Waals surface area (Å²) >= 11 is 0. The number of Topliss-reactive ketones (excluding diaryl/α,β-unsaturated/α-hetero) is 1. The third-order valence-electron chi connectivity index (χ3n) is 6.51. The summed E-state index contributed by atoms with van der Waals surface area (Å²) in [6.45, 7) is 6.26. The van der Waals surface area contributed by atoms with Crippen molar-refractivity contribution < 1.29 is 15.0 Å². The topological polar surface area (TPSA) is 57.5 Å². The molecule has 2 N–H and O–H groups in total. The van der Waals surface area contributed by atoms with Gasteiger partial charge in [0.15, 0.2) is 5.78 Å². The van der Waals surface area contributed by atoms with Crippen LogP contribution in [0, 0.1) is 28.1 Å². The molecule has 3 rings (SSSR count). The normalized spacial score (nSPS) is 52.6. The second kappa shape index (κ2) is 3.37. The quantitative estimate of drug-likeness (QED) is 0.787. The molecule has 0 bridgehead atoms. The number of hydrogen-bond donors (Lipinski definition) is 2. The van der Waals surface area contributed by atoms with E-state index >= 15 is 0 Å². The van der Waals surface area contributed by atoms with E-state index in [0.717, 1.165) is 25.7 Å². The summed E-state index contributed by atoms with van der Waals surface area (Å²) in [6.07, 6.45) is 3.35. The second-order valence-corrected chi connectivity index (χ2v) is 7.76. The minimum Gasteiger partial charge on any atom is -0.392 e. The van der Waals surface area contributed by atoms with Crippen molar-refractivity contribution in [1.82, 2.24) is 0 Å². The first-order chi connectivity index (χ1) is 8.28. The summed E-state index contributed by atoms with van der Waals surface area (Å²) < 4.78 is 0. The van der Waals surface area contributed by atoms with E-state index in [1.165, 1.54) is 0 Å². The van der Waals surface area contributed by atoms with Gasteiger partial charge in [0.05, 0.1) is 11.5 Å². The molecule has 0 aromatic rings. The molecule has 3 nitrogen and oxygen atoms in total. The molecule has 3 fully saturated rings. The van der Waals surface area contributed by atoms with E-state index in [-0.39, 0.29) is 22.5 Å². The highest BCUT2D eigenvalue weighted by atomic mass is 16.3. The van der Waals surface area contributed by atoms with Crippen molar-refractivity contribution in [3.63, 3.8) is 0 Å². The molecule has 5 atom stereocenters. The number of aliphatic hydroxyl groups excluding tert-OH is 2. The van der Waals surface area contributed by atoms with Gasteiger partial charge in [0.1, 0.15) is 6.61 Å². The third kappa shape index (κ3) is 1.16. The van der Waals surface area contributed by atoms with Crippen LogP contribution in [-0.4, -0.2) is 28.7 Å². The molecular weight excluding hydrogens is 228 g/mol. The average Bonchev–Trinajstić information content (AvgIpc) is 2.66. The fraction of sp³-hybridized carbons (Fsp3) is 0.933. The second-order valence-electron chi connectivity index (χ2n) is 7.76. The molecule has 102 valence electrons. The molecule has 5 unspecified atom stereocenters. The average molecular weight is 252 g/mol. The summed E-state index contributed by atoms with van der Waals surface area (Å²) in [7, 11) is 0. The Kier molecular flexibility index (Phi) is 2.36. The van der Waals surface area contributed by atoms with E-state index in [1.807, 2.05) is 0 Å². The predicted octanol–water partition coefficient (Wildman–Crippen LogP) is 1.76. The highest BCUT2D eigenvalue weighted by molar-refractivity contribution is 5.89. The molecule has 0 aromatic carbocycles. The van der Waals surface area contributed by atoms with Crippen molar-refractivity contribution >= 4 is 5.78 Å². The zero-order chi connectivity index (χ0) is 13.3. The van der Waals surface area contributed by atoms with Crippen LogP contribution in [0.3, 0.4) is 0 Å². The van der Waals surface area contributed by atoms with Crippen molar-refractivity contribution in [3.05, 3.63) is 0 Å². The fourth-order valence-corrected chi connectivity index (χ4v) is 5.56. The molecular formula is C15H24O3. The van der Waals surface area contributed by atoms with Crippen molar-refractivity contribution in [2.24, 2.45) is 28.1 Å². The van der Waals surface area contributed by atoms with Gasteiger partial charge in [-0.3, -0.25) is 4.79 Å². The number of ketones is 1. The van der Waals surface area contributed by atoms with Gasteiger partial charge in [0, 0.05) is 0 Å². The Bertz CT molecular complexity index is 403. The molecule has 0 aromatic heterocycles. The van der Waals surface area contributed by atoms with Gasteiger partial charge >= 0.3 is 0 Å². The van der Waals surface area contributed by atoms with Crippen molar-refractivity contribution in [3.8, 4) is 0 Å². The molecule has 3 aliphatic carbocycles. The van der Waals surface area contributed by atoms with Gasteiger partial charge in [-0.05, 0) is 48.3 Å². The zero-order valence-electron chi connectivity index (χ0n) is 11.6. The monoisotopic (exact) mass is 252 g/mol. The number of hydrogen-bond acceptors (Lipinski definition) is 3. The number of carbonyl (C=O) groups excluding carboxylic acids is 1. The smallest absolute Gasteiger partial charge is 0.167 e. The highest BCUT2D eigenvalue weighted by Crippen LogP contribution is 2.75. The predicted molar refractivity (Wildman–Crippen MR) is 67.9 cm³/mol. The number of aliphatic hydroxyl groups is 2. The van der Waals surface area contributed by atoms with Crippen molar-refractivity contribution in [1.29, 1.82) is 0 Å². The molecule has 0 radical (unpaired) electrons.